The van der Waals surface area contributed by atoms with E-state index < -0.39 is 6.09 Å². The summed E-state index contributed by atoms with van der Waals surface area (Å²) in [6.45, 7) is 1.37. The molecular formula is C21H25N3O5. The Morgan fingerprint density at radius 1 is 0.897 bits per heavy atom. The molecule has 0 saturated heterocycles. The molecule has 0 aliphatic heterocycles. The third-order valence-electron chi connectivity index (χ3n) is 4.64. The Morgan fingerprint density at radius 2 is 1.48 bits per heavy atom. The molecule has 29 heavy (non-hydrogen) atoms. The maximum Gasteiger partial charge on any atom is 0.407 e. The SMILES string of the molecule is NOCC(=O)NCCOCCNC(=O)OCC1c2ccccc2-c2ccccc21. The molecule has 0 radical (unpaired) electrons. The maximum atomic E-state index is 12.0. The number of amides is 2. The fraction of sp³-hybridized carbons (Fsp3) is 0.333. The first-order valence-electron chi connectivity index (χ1n) is 9.45. The van der Waals surface area contributed by atoms with Gasteiger partial charge in [-0.1, -0.05) is 48.5 Å². The topological polar surface area (TPSA) is 112 Å². The van der Waals surface area contributed by atoms with Crippen LogP contribution in [0.1, 0.15) is 17.0 Å². The van der Waals surface area contributed by atoms with Crippen LogP contribution in [-0.2, 0) is 19.1 Å². The van der Waals surface area contributed by atoms with Gasteiger partial charge in [0.25, 0.3) is 0 Å². The zero-order chi connectivity index (χ0) is 20.5. The Bertz CT molecular complexity index is 797. The molecule has 2 amide bonds. The summed E-state index contributed by atoms with van der Waals surface area (Å²) < 4.78 is 10.8. The summed E-state index contributed by atoms with van der Waals surface area (Å²) >= 11 is 0. The third-order valence-corrected chi connectivity index (χ3v) is 4.64. The second kappa shape index (κ2) is 10.6. The molecule has 0 aromatic heterocycles. The average Bonchev–Trinajstić information content (AvgIpc) is 3.05. The van der Waals surface area contributed by atoms with Crippen molar-refractivity contribution in [3.05, 3.63) is 59.7 Å². The molecule has 0 spiro atoms. The highest BCUT2D eigenvalue weighted by Gasteiger charge is 2.28. The van der Waals surface area contributed by atoms with Gasteiger partial charge in [0.15, 0.2) is 0 Å². The molecule has 2 aromatic carbocycles. The molecule has 3 rings (SSSR count). The van der Waals surface area contributed by atoms with Crippen molar-refractivity contribution in [2.75, 3.05) is 39.5 Å². The predicted octanol–water partition coefficient (Wildman–Crippen LogP) is 1.55. The fourth-order valence-corrected chi connectivity index (χ4v) is 3.37. The van der Waals surface area contributed by atoms with E-state index in [0.29, 0.717) is 26.3 Å². The van der Waals surface area contributed by atoms with Gasteiger partial charge in [-0.15, -0.1) is 0 Å². The van der Waals surface area contributed by atoms with Crippen molar-refractivity contribution in [1.29, 1.82) is 0 Å². The summed E-state index contributed by atoms with van der Waals surface area (Å²) in [6, 6.07) is 16.4. The fourth-order valence-electron chi connectivity index (χ4n) is 3.37. The summed E-state index contributed by atoms with van der Waals surface area (Å²) in [4.78, 5) is 27.3. The molecule has 8 nitrogen and oxygen atoms in total. The van der Waals surface area contributed by atoms with Gasteiger partial charge < -0.3 is 20.1 Å². The molecule has 0 atom stereocenters. The minimum Gasteiger partial charge on any atom is -0.449 e. The number of ether oxygens (including phenoxy) is 2. The number of carbonyl (C=O) groups excluding carboxylic acids is 2. The molecule has 0 saturated carbocycles. The first-order valence-corrected chi connectivity index (χ1v) is 9.45. The number of alkyl carbamates (subject to hydrolysis) is 1. The van der Waals surface area contributed by atoms with Gasteiger partial charge in [0.05, 0.1) is 13.2 Å². The Morgan fingerprint density at radius 3 is 2.10 bits per heavy atom. The van der Waals surface area contributed by atoms with Gasteiger partial charge in [-0.25, -0.2) is 10.7 Å². The molecule has 0 bridgehead atoms. The van der Waals surface area contributed by atoms with Crippen LogP contribution < -0.4 is 16.5 Å². The van der Waals surface area contributed by atoms with Crippen LogP contribution in [0.4, 0.5) is 4.79 Å². The van der Waals surface area contributed by atoms with E-state index in [2.05, 4.69) is 39.7 Å². The van der Waals surface area contributed by atoms with Gasteiger partial charge in [0, 0.05) is 19.0 Å². The minimum absolute atomic E-state index is 0.0329. The van der Waals surface area contributed by atoms with Gasteiger partial charge >= 0.3 is 6.09 Å². The van der Waals surface area contributed by atoms with Crippen molar-refractivity contribution in [3.63, 3.8) is 0 Å². The number of hydrogen-bond acceptors (Lipinski definition) is 6. The lowest BCUT2D eigenvalue weighted by molar-refractivity contribution is -0.126. The number of nitrogens with one attached hydrogen (secondary N) is 2. The highest BCUT2D eigenvalue weighted by Crippen LogP contribution is 2.44. The van der Waals surface area contributed by atoms with Crippen molar-refractivity contribution in [2.24, 2.45) is 5.90 Å². The zero-order valence-corrected chi connectivity index (χ0v) is 16.1. The predicted molar refractivity (Wildman–Crippen MR) is 107 cm³/mol. The summed E-state index contributed by atoms with van der Waals surface area (Å²) in [5.74, 6) is 4.52. The monoisotopic (exact) mass is 399 g/mol. The lowest BCUT2D eigenvalue weighted by atomic mass is 9.98. The minimum atomic E-state index is -0.483. The van der Waals surface area contributed by atoms with Crippen molar-refractivity contribution in [2.45, 2.75) is 5.92 Å². The largest absolute Gasteiger partial charge is 0.449 e. The molecule has 2 aromatic rings. The van der Waals surface area contributed by atoms with E-state index in [1.54, 1.807) is 0 Å². The quantitative estimate of drug-likeness (QED) is 0.413. The normalized spacial score (nSPS) is 12.2. The van der Waals surface area contributed by atoms with Crippen molar-refractivity contribution in [3.8, 4) is 11.1 Å². The van der Waals surface area contributed by atoms with E-state index in [0.717, 1.165) is 0 Å². The van der Waals surface area contributed by atoms with E-state index in [9.17, 15) is 9.59 Å². The first-order chi connectivity index (χ1) is 14.2. The zero-order valence-electron chi connectivity index (χ0n) is 16.1. The van der Waals surface area contributed by atoms with E-state index in [1.807, 2.05) is 24.3 Å². The number of benzene rings is 2. The van der Waals surface area contributed by atoms with E-state index in [1.165, 1.54) is 22.3 Å². The number of nitrogens with two attached hydrogens (primary N) is 1. The van der Waals surface area contributed by atoms with Crippen LogP contribution in [0.15, 0.2) is 48.5 Å². The number of hydrogen-bond donors (Lipinski definition) is 3. The third kappa shape index (κ3) is 5.54. The Labute approximate surface area is 169 Å². The molecule has 0 unspecified atom stereocenters. The smallest absolute Gasteiger partial charge is 0.407 e. The van der Waals surface area contributed by atoms with Crippen molar-refractivity contribution < 1.29 is 23.9 Å². The Balaban J connectivity index is 1.37. The second-order valence-electron chi connectivity index (χ2n) is 6.53. The van der Waals surface area contributed by atoms with E-state index >= 15 is 0 Å². The highest BCUT2D eigenvalue weighted by atomic mass is 16.6. The number of fused-ring (bicyclic) bond motifs is 3. The molecular weight excluding hydrogens is 374 g/mol. The molecule has 1 aliphatic carbocycles. The molecule has 0 heterocycles. The summed E-state index contributed by atoms with van der Waals surface area (Å²) in [7, 11) is 0. The summed E-state index contributed by atoms with van der Waals surface area (Å²) in [6.07, 6.45) is -0.483. The molecule has 1 aliphatic rings. The van der Waals surface area contributed by atoms with Crippen LogP contribution in [0.25, 0.3) is 11.1 Å². The van der Waals surface area contributed by atoms with Crippen LogP contribution in [0.5, 0.6) is 0 Å². The van der Waals surface area contributed by atoms with Gasteiger partial charge in [-0.3, -0.25) is 9.63 Å². The van der Waals surface area contributed by atoms with Gasteiger partial charge in [-0.05, 0) is 22.3 Å². The maximum absolute atomic E-state index is 12.0. The average molecular weight is 399 g/mol. The lowest BCUT2D eigenvalue weighted by Gasteiger charge is -2.14. The van der Waals surface area contributed by atoms with E-state index in [4.69, 9.17) is 15.4 Å². The van der Waals surface area contributed by atoms with Gasteiger partial charge in [0.2, 0.25) is 5.91 Å². The lowest BCUT2D eigenvalue weighted by Crippen LogP contribution is -2.33. The van der Waals surface area contributed by atoms with Crippen molar-refractivity contribution >= 4 is 12.0 Å². The van der Waals surface area contributed by atoms with Crippen LogP contribution in [0, 0.1) is 0 Å². The van der Waals surface area contributed by atoms with Gasteiger partial charge in [-0.2, -0.15) is 0 Å². The number of rotatable bonds is 10. The molecule has 0 fully saturated rings. The van der Waals surface area contributed by atoms with Crippen LogP contribution in [0.2, 0.25) is 0 Å². The molecule has 8 heteroatoms. The Hall–Kier alpha value is -2.94. The Kier molecular flexibility index (Phi) is 7.57. The molecule has 4 N–H and O–H groups in total. The number of carbonyl (C=O) groups is 2. The highest BCUT2D eigenvalue weighted by molar-refractivity contribution is 5.79. The molecule has 154 valence electrons. The van der Waals surface area contributed by atoms with E-state index in [-0.39, 0.29) is 25.0 Å². The summed E-state index contributed by atoms with van der Waals surface area (Å²) in [5, 5.41) is 5.23. The van der Waals surface area contributed by atoms with Crippen LogP contribution >= 0.6 is 0 Å². The van der Waals surface area contributed by atoms with Crippen LogP contribution in [-0.4, -0.2) is 51.5 Å². The van der Waals surface area contributed by atoms with Crippen LogP contribution in [0.3, 0.4) is 0 Å². The standard InChI is InChI=1S/C21H25N3O5/c22-29-14-20(25)23-9-11-27-12-10-24-21(26)28-13-19-17-7-3-1-5-15(17)16-6-2-4-8-18(16)19/h1-8,19H,9-14,22H2,(H,23,25)(H,24,26). The second-order valence-corrected chi connectivity index (χ2v) is 6.53. The van der Waals surface area contributed by atoms with Crippen molar-refractivity contribution in [1.82, 2.24) is 10.6 Å². The first kappa shape index (κ1) is 20.8. The van der Waals surface area contributed by atoms with Gasteiger partial charge in [0.1, 0.15) is 13.2 Å². The summed E-state index contributed by atoms with van der Waals surface area (Å²) in [5.41, 5.74) is 4.73.